The number of benzene rings is 1. The van der Waals surface area contributed by atoms with Gasteiger partial charge < -0.3 is 15.3 Å². The summed E-state index contributed by atoms with van der Waals surface area (Å²) in [4.78, 5) is 24.2. The molecule has 1 aromatic carbocycles. The van der Waals surface area contributed by atoms with Crippen LogP contribution in [0.1, 0.15) is 18.9 Å². The molecule has 1 aromatic rings. The van der Waals surface area contributed by atoms with Crippen molar-refractivity contribution >= 4 is 33.6 Å². The Hall–Kier alpha value is -1.56. The largest absolute Gasteiger partial charge is 0.480 e. The highest BCUT2D eigenvalue weighted by atomic mass is 79.9. The molecule has 6 heteroatoms. The van der Waals surface area contributed by atoms with E-state index in [2.05, 4.69) is 21.2 Å². The van der Waals surface area contributed by atoms with Gasteiger partial charge in [-0.2, -0.15) is 0 Å². The van der Waals surface area contributed by atoms with Crippen molar-refractivity contribution in [3.05, 3.63) is 28.2 Å². The van der Waals surface area contributed by atoms with E-state index < -0.39 is 18.0 Å². The van der Waals surface area contributed by atoms with Crippen molar-refractivity contribution in [3.8, 4) is 0 Å². The number of rotatable bonds is 4. The maximum atomic E-state index is 12.0. The van der Waals surface area contributed by atoms with Crippen LogP contribution in [0.3, 0.4) is 0 Å². The fraction of sp³-hybridized carbons (Fsp3) is 0.385. The van der Waals surface area contributed by atoms with Crippen molar-refractivity contribution < 1.29 is 14.7 Å². The highest BCUT2D eigenvalue weighted by Crippen LogP contribution is 2.21. The number of carboxylic acids is 1. The van der Waals surface area contributed by atoms with Gasteiger partial charge in [-0.25, -0.2) is 9.59 Å². The monoisotopic (exact) mass is 328 g/mol. The first kappa shape index (κ1) is 15.5. The zero-order valence-electron chi connectivity index (χ0n) is 11.1. The number of aryl methyl sites for hydroxylation is 1. The summed E-state index contributed by atoms with van der Waals surface area (Å²) in [7, 11) is 1.48. The molecule has 1 unspecified atom stereocenters. The Bertz CT molecular complexity index is 491. The number of carbonyl (C=O) groups excluding carboxylic acids is 1. The van der Waals surface area contributed by atoms with Crippen LogP contribution < -0.4 is 5.32 Å². The quantitative estimate of drug-likeness (QED) is 0.892. The normalized spacial score (nSPS) is 11.8. The zero-order chi connectivity index (χ0) is 14.6. The molecule has 104 valence electrons. The van der Waals surface area contributed by atoms with E-state index in [4.69, 9.17) is 5.11 Å². The lowest BCUT2D eigenvalue weighted by molar-refractivity contribution is -0.141. The number of anilines is 1. The maximum absolute atomic E-state index is 12.0. The molecule has 2 N–H and O–H groups in total. The topological polar surface area (TPSA) is 69.6 Å². The zero-order valence-corrected chi connectivity index (χ0v) is 12.7. The van der Waals surface area contributed by atoms with Crippen molar-refractivity contribution in [1.29, 1.82) is 0 Å². The van der Waals surface area contributed by atoms with E-state index in [1.807, 2.05) is 19.1 Å². The van der Waals surface area contributed by atoms with E-state index in [9.17, 15) is 9.59 Å². The minimum atomic E-state index is -1.01. The molecule has 1 atom stereocenters. The number of hydrogen-bond donors (Lipinski definition) is 2. The molecule has 0 aliphatic carbocycles. The molecule has 0 aliphatic heterocycles. The summed E-state index contributed by atoms with van der Waals surface area (Å²) < 4.78 is 0.848. The van der Waals surface area contributed by atoms with Gasteiger partial charge >= 0.3 is 12.0 Å². The van der Waals surface area contributed by atoms with Gasteiger partial charge in [-0.05, 0) is 31.0 Å². The van der Waals surface area contributed by atoms with E-state index in [1.165, 1.54) is 11.9 Å². The van der Waals surface area contributed by atoms with Gasteiger partial charge in [0.05, 0.1) is 0 Å². The van der Waals surface area contributed by atoms with Crippen LogP contribution in [0.2, 0.25) is 0 Å². The maximum Gasteiger partial charge on any atom is 0.326 e. The molecule has 5 nitrogen and oxygen atoms in total. The minimum absolute atomic E-state index is 0.358. The fourth-order valence-corrected chi connectivity index (χ4v) is 2.05. The van der Waals surface area contributed by atoms with E-state index in [-0.39, 0.29) is 0 Å². The molecular formula is C13H17BrN2O3. The Morgan fingerprint density at radius 1 is 1.47 bits per heavy atom. The summed E-state index contributed by atoms with van der Waals surface area (Å²) in [5.41, 5.74) is 1.57. The van der Waals surface area contributed by atoms with E-state index in [0.29, 0.717) is 12.1 Å². The SMILES string of the molecule is CCC(C(=O)O)N(C)C(=O)Nc1cc(Br)ccc1C. The number of hydrogen-bond acceptors (Lipinski definition) is 2. The Balaban J connectivity index is 2.84. The third kappa shape index (κ3) is 3.96. The van der Waals surface area contributed by atoms with Crippen molar-refractivity contribution in [1.82, 2.24) is 4.90 Å². The Morgan fingerprint density at radius 2 is 2.11 bits per heavy atom. The van der Waals surface area contributed by atoms with Crippen LogP contribution in [-0.4, -0.2) is 35.1 Å². The van der Waals surface area contributed by atoms with Crippen molar-refractivity contribution in [3.63, 3.8) is 0 Å². The number of halogens is 1. The molecule has 2 amide bonds. The number of nitrogens with zero attached hydrogens (tertiary/aromatic N) is 1. The molecule has 0 spiro atoms. The highest BCUT2D eigenvalue weighted by molar-refractivity contribution is 9.10. The number of urea groups is 1. The van der Waals surface area contributed by atoms with Crippen molar-refractivity contribution in [2.24, 2.45) is 0 Å². The van der Waals surface area contributed by atoms with E-state index in [0.717, 1.165) is 10.0 Å². The van der Waals surface area contributed by atoms with E-state index >= 15 is 0 Å². The number of aliphatic carboxylic acids is 1. The number of carbonyl (C=O) groups is 2. The lowest BCUT2D eigenvalue weighted by Gasteiger charge is -2.24. The van der Waals surface area contributed by atoms with E-state index in [1.54, 1.807) is 13.0 Å². The van der Waals surface area contributed by atoms with Crippen LogP contribution in [0.25, 0.3) is 0 Å². The van der Waals surface area contributed by atoms with Gasteiger partial charge in [0.2, 0.25) is 0 Å². The molecule has 0 aliphatic rings. The molecule has 1 rings (SSSR count). The summed E-state index contributed by atoms with van der Waals surface area (Å²) in [6, 6.07) is 4.26. The smallest absolute Gasteiger partial charge is 0.326 e. The third-order valence-electron chi connectivity index (χ3n) is 2.90. The molecule has 0 fully saturated rings. The molecule has 0 bridgehead atoms. The van der Waals surface area contributed by atoms with Crippen molar-refractivity contribution in [2.45, 2.75) is 26.3 Å². The van der Waals surface area contributed by atoms with Gasteiger partial charge in [0.15, 0.2) is 0 Å². The first-order valence-electron chi connectivity index (χ1n) is 5.89. The number of likely N-dealkylation sites (N-methyl/N-ethyl adjacent to an activating group) is 1. The molecule has 0 radical (unpaired) electrons. The van der Waals surface area contributed by atoms with Crippen LogP contribution in [-0.2, 0) is 4.79 Å². The fourth-order valence-electron chi connectivity index (χ4n) is 1.69. The predicted molar refractivity (Wildman–Crippen MR) is 77.4 cm³/mol. The van der Waals surface area contributed by atoms with Gasteiger partial charge in [0.1, 0.15) is 6.04 Å². The minimum Gasteiger partial charge on any atom is -0.480 e. The Labute approximate surface area is 120 Å². The Morgan fingerprint density at radius 3 is 2.63 bits per heavy atom. The average molecular weight is 329 g/mol. The van der Waals surface area contributed by atoms with Gasteiger partial charge in [-0.3, -0.25) is 0 Å². The summed E-state index contributed by atoms with van der Waals surface area (Å²) in [5.74, 6) is -1.01. The van der Waals surface area contributed by atoms with Crippen molar-refractivity contribution in [2.75, 3.05) is 12.4 Å². The summed E-state index contributed by atoms with van der Waals surface area (Å²) in [6.07, 6.45) is 0.358. The van der Waals surface area contributed by atoms with Gasteiger partial charge in [-0.1, -0.05) is 28.9 Å². The summed E-state index contributed by atoms with van der Waals surface area (Å²) >= 11 is 3.33. The molecule has 0 saturated carbocycles. The lowest BCUT2D eigenvalue weighted by Crippen LogP contribution is -2.44. The molecule has 0 saturated heterocycles. The van der Waals surface area contributed by atoms with Crippen LogP contribution in [0.5, 0.6) is 0 Å². The standard InChI is InChI=1S/C13H17BrN2O3/c1-4-11(12(17)18)16(3)13(19)15-10-7-9(14)6-5-8(10)2/h5-7,11H,4H2,1-3H3,(H,15,19)(H,17,18). The van der Waals surface area contributed by atoms with Gasteiger partial charge in [-0.15, -0.1) is 0 Å². The highest BCUT2D eigenvalue weighted by Gasteiger charge is 2.24. The van der Waals surface area contributed by atoms with Gasteiger partial charge in [0.25, 0.3) is 0 Å². The number of amides is 2. The van der Waals surface area contributed by atoms with Crippen LogP contribution >= 0.6 is 15.9 Å². The molecule has 0 heterocycles. The predicted octanol–water partition coefficient (Wildman–Crippen LogP) is 3.08. The van der Waals surface area contributed by atoms with Gasteiger partial charge in [0, 0.05) is 17.2 Å². The number of carboxylic acid groups (broad SMARTS) is 1. The second-order valence-corrected chi connectivity index (χ2v) is 5.18. The van der Waals surface area contributed by atoms with Crippen LogP contribution in [0.15, 0.2) is 22.7 Å². The first-order valence-corrected chi connectivity index (χ1v) is 6.68. The third-order valence-corrected chi connectivity index (χ3v) is 3.39. The first-order chi connectivity index (χ1) is 8.86. The average Bonchev–Trinajstić information content (AvgIpc) is 2.34. The Kier molecular flexibility index (Phi) is 5.35. The number of nitrogens with one attached hydrogen (secondary N) is 1. The van der Waals surface area contributed by atoms with Crippen LogP contribution in [0.4, 0.5) is 10.5 Å². The second kappa shape index (κ2) is 6.56. The lowest BCUT2D eigenvalue weighted by atomic mass is 10.2. The summed E-state index contributed by atoms with van der Waals surface area (Å²) in [6.45, 7) is 3.60. The van der Waals surface area contributed by atoms with Crippen LogP contribution in [0, 0.1) is 6.92 Å². The molecule has 19 heavy (non-hydrogen) atoms. The molecular weight excluding hydrogens is 312 g/mol. The second-order valence-electron chi connectivity index (χ2n) is 4.26. The summed E-state index contributed by atoms with van der Waals surface area (Å²) in [5, 5.41) is 11.7. The molecule has 0 aromatic heterocycles.